The molecule has 1 fully saturated rings. The molecule has 0 radical (unpaired) electrons. The molecule has 1 aliphatic heterocycles. The zero-order valence-electron chi connectivity index (χ0n) is 17.7. The van der Waals surface area contributed by atoms with E-state index in [1.807, 2.05) is 6.20 Å². The minimum atomic E-state index is 0.637. The van der Waals surface area contributed by atoms with Crippen molar-refractivity contribution in [2.24, 2.45) is 4.99 Å². The van der Waals surface area contributed by atoms with E-state index in [2.05, 4.69) is 74.6 Å². The summed E-state index contributed by atoms with van der Waals surface area (Å²) in [6.45, 7) is 13.3. The smallest absolute Gasteiger partial charge is 0.191 e. The fraction of sp³-hybridized carbons (Fsp3) is 0.545. The minimum absolute atomic E-state index is 0.637. The van der Waals surface area contributed by atoms with Gasteiger partial charge in [0.1, 0.15) is 5.01 Å². The Labute approximate surface area is 179 Å². The van der Waals surface area contributed by atoms with Crippen molar-refractivity contribution in [3.63, 3.8) is 0 Å². The first-order valence-electron chi connectivity index (χ1n) is 10.7. The van der Waals surface area contributed by atoms with E-state index < -0.39 is 0 Å². The number of aryl methyl sites for hydroxylation is 1. The van der Waals surface area contributed by atoms with E-state index in [9.17, 15) is 0 Å². The molecule has 0 bridgehead atoms. The SMILES string of the molecule is CCNC(=NCc1ncc(CC)s1)NCCN1CCN(Cc2ccccc2)CC1. The highest BCUT2D eigenvalue weighted by Gasteiger charge is 2.16. The molecular weight excluding hydrogens is 380 g/mol. The van der Waals surface area contributed by atoms with Gasteiger partial charge in [-0.15, -0.1) is 11.3 Å². The summed E-state index contributed by atoms with van der Waals surface area (Å²) < 4.78 is 0. The molecule has 7 heteroatoms. The summed E-state index contributed by atoms with van der Waals surface area (Å²) in [6.07, 6.45) is 3.01. The summed E-state index contributed by atoms with van der Waals surface area (Å²) in [4.78, 5) is 15.5. The van der Waals surface area contributed by atoms with E-state index in [0.717, 1.165) is 69.7 Å². The van der Waals surface area contributed by atoms with E-state index in [4.69, 9.17) is 0 Å². The number of aromatic nitrogens is 1. The van der Waals surface area contributed by atoms with Crippen LogP contribution in [-0.2, 0) is 19.5 Å². The predicted molar refractivity (Wildman–Crippen MR) is 122 cm³/mol. The second-order valence-corrected chi connectivity index (χ2v) is 8.50. The van der Waals surface area contributed by atoms with E-state index in [1.165, 1.54) is 10.4 Å². The molecule has 0 saturated carbocycles. The molecule has 2 aromatic rings. The summed E-state index contributed by atoms with van der Waals surface area (Å²) in [7, 11) is 0. The average Bonchev–Trinajstić information content (AvgIpc) is 3.22. The molecule has 1 aromatic heterocycles. The quantitative estimate of drug-likeness (QED) is 0.488. The lowest BCUT2D eigenvalue weighted by Crippen LogP contribution is -2.49. The molecule has 1 saturated heterocycles. The van der Waals surface area contributed by atoms with Crippen LogP contribution in [0.15, 0.2) is 41.5 Å². The van der Waals surface area contributed by atoms with Crippen molar-refractivity contribution in [1.82, 2.24) is 25.4 Å². The van der Waals surface area contributed by atoms with Crippen LogP contribution >= 0.6 is 11.3 Å². The summed E-state index contributed by atoms with van der Waals surface area (Å²) in [5.41, 5.74) is 1.40. The highest BCUT2D eigenvalue weighted by molar-refractivity contribution is 7.11. The second kappa shape index (κ2) is 11.9. The van der Waals surface area contributed by atoms with Crippen LogP contribution in [0.2, 0.25) is 0 Å². The fourth-order valence-electron chi connectivity index (χ4n) is 3.42. The normalized spacial score (nSPS) is 16.1. The molecule has 1 aromatic carbocycles. The lowest BCUT2D eigenvalue weighted by molar-refractivity contribution is 0.129. The Bertz CT molecular complexity index is 737. The molecule has 0 aliphatic carbocycles. The third-order valence-corrected chi connectivity index (χ3v) is 6.23. The van der Waals surface area contributed by atoms with Crippen molar-refractivity contribution >= 4 is 17.3 Å². The van der Waals surface area contributed by atoms with Crippen LogP contribution < -0.4 is 10.6 Å². The maximum Gasteiger partial charge on any atom is 0.191 e. The number of hydrogen-bond donors (Lipinski definition) is 2. The zero-order chi connectivity index (χ0) is 20.3. The second-order valence-electron chi connectivity index (χ2n) is 7.30. The number of thiazole rings is 1. The molecule has 1 aliphatic rings. The maximum absolute atomic E-state index is 4.69. The van der Waals surface area contributed by atoms with Crippen molar-refractivity contribution in [3.8, 4) is 0 Å². The molecule has 0 unspecified atom stereocenters. The van der Waals surface area contributed by atoms with Gasteiger partial charge in [-0.2, -0.15) is 0 Å². The van der Waals surface area contributed by atoms with Crippen molar-refractivity contribution in [2.45, 2.75) is 33.4 Å². The summed E-state index contributed by atoms with van der Waals surface area (Å²) in [5, 5.41) is 7.88. The Balaban J connectivity index is 1.37. The summed E-state index contributed by atoms with van der Waals surface area (Å²) in [5.74, 6) is 0.878. The third kappa shape index (κ3) is 7.42. The van der Waals surface area contributed by atoms with Gasteiger partial charge in [0, 0.05) is 63.4 Å². The Hall–Kier alpha value is -1.96. The Morgan fingerprint density at radius 3 is 2.52 bits per heavy atom. The lowest BCUT2D eigenvalue weighted by atomic mass is 10.2. The number of aliphatic imine (C=N–C) groups is 1. The van der Waals surface area contributed by atoms with Crippen molar-refractivity contribution in [2.75, 3.05) is 45.8 Å². The molecular formula is C22H34N6S. The van der Waals surface area contributed by atoms with E-state index in [0.29, 0.717) is 6.54 Å². The molecule has 0 spiro atoms. The number of benzene rings is 1. The van der Waals surface area contributed by atoms with Crippen LogP contribution in [-0.4, -0.2) is 66.6 Å². The van der Waals surface area contributed by atoms with Crippen LogP contribution in [0.25, 0.3) is 0 Å². The summed E-state index contributed by atoms with van der Waals surface area (Å²) in [6, 6.07) is 10.8. The number of nitrogens with one attached hydrogen (secondary N) is 2. The predicted octanol–water partition coefficient (Wildman–Crippen LogP) is 2.58. The largest absolute Gasteiger partial charge is 0.357 e. The fourth-order valence-corrected chi connectivity index (χ4v) is 4.20. The van der Waals surface area contributed by atoms with Crippen LogP contribution in [0, 0.1) is 0 Å². The Morgan fingerprint density at radius 2 is 1.83 bits per heavy atom. The highest BCUT2D eigenvalue weighted by Crippen LogP contribution is 2.14. The number of rotatable bonds is 9. The van der Waals surface area contributed by atoms with Gasteiger partial charge in [0.05, 0.1) is 6.54 Å². The van der Waals surface area contributed by atoms with E-state index >= 15 is 0 Å². The van der Waals surface area contributed by atoms with Crippen LogP contribution in [0.1, 0.15) is 29.3 Å². The molecule has 0 amide bonds. The van der Waals surface area contributed by atoms with Crippen molar-refractivity contribution < 1.29 is 0 Å². The van der Waals surface area contributed by atoms with Crippen LogP contribution in [0.4, 0.5) is 0 Å². The average molecular weight is 415 g/mol. The van der Waals surface area contributed by atoms with E-state index in [1.54, 1.807) is 11.3 Å². The molecule has 2 N–H and O–H groups in total. The van der Waals surface area contributed by atoms with Gasteiger partial charge in [0.2, 0.25) is 0 Å². The highest BCUT2D eigenvalue weighted by atomic mass is 32.1. The standard InChI is InChI=1S/C22H34N6S/c1-3-20-16-25-21(29-20)17-26-22(23-4-2)24-10-11-27-12-14-28(15-13-27)18-19-8-6-5-7-9-19/h5-9,16H,3-4,10-15,17-18H2,1-2H3,(H2,23,24,26). The molecule has 158 valence electrons. The molecule has 2 heterocycles. The van der Waals surface area contributed by atoms with Gasteiger partial charge in [0.15, 0.2) is 5.96 Å². The van der Waals surface area contributed by atoms with Gasteiger partial charge in [0.25, 0.3) is 0 Å². The maximum atomic E-state index is 4.69. The number of hydrogen-bond acceptors (Lipinski definition) is 5. The van der Waals surface area contributed by atoms with Gasteiger partial charge in [-0.1, -0.05) is 37.3 Å². The van der Waals surface area contributed by atoms with Gasteiger partial charge in [-0.3, -0.25) is 9.80 Å². The van der Waals surface area contributed by atoms with Gasteiger partial charge < -0.3 is 10.6 Å². The number of guanidine groups is 1. The van der Waals surface area contributed by atoms with Crippen molar-refractivity contribution in [1.29, 1.82) is 0 Å². The first-order valence-corrected chi connectivity index (χ1v) is 11.5. The van der Waals surface area contributed by atoms with Crippen molar-refractivity contribution in [3.05, 3.63) is 52.0 Å². The monoisotopic (exact) mass is 414 g/mol. The lowest BCUT2D eigenvalue weighted by Gasteiger charge is -2.34. The number of nitrogens with zero attached hydrogens (tertiary/aromatic N) is 4. The molecule has 6 nitrogen and oxygen atoms in total. The molecule has 3 rings (SSSR count). The first-order chi connectivity index (χ1) is 14.3. The van der Waals surface area contributed by atoms with E-state index in [-0.39, 0.29) is 0 Å². The van der Waals surface area contributed by atoms with Gasteiger partial charge in [-0.05, 0) is 18.9 Å². The molecule has 29 heavy (non-hydrogen) atoms. The van der Waals surface area contributed by atoms with Gasteiger partial charge in [-0.25, -0.2) is 9.98 Å². The topological polar surface area (TPSA) is 55.8 Å². The number of piperazine rings is 1. The zero-order valence-corrected chi connectivity index (χ0v) is 18.5. The minimum Gasteiger partial charge on any atom is -0.357 e. The van der Waals surface area contributed by atoms with Crippen LogP contribution in [0.3, 0.4) is 0 Å². The first kappa shape index (κ1) is 21.7. The molecule has 0 atom stereocenters. The van der Waals surface area contributed by atoms with Gasteiger partial charge >= 0.3 is 0 Å². The summed E-state index contributed by atoms with van der Waals surface area (Å²) >= 11 is 1.75. The third-order valence-electron chi connectivity index (χ3n) is 5.10. The Morgan fingerprint density at radius 1 is 1.07 bits per heavy atom. The Kier molecular flexibility index (Phi) is 8.92. The van der Waals surface area contributed by atoms with Crippen LogP contribution in [0.5, 0.6) is 0 Å².